The molecule has 16 nitrogen and oxygen atoms in total. The Kier molecular flexibility index (Phi) is 12.1. The Morgan fingerprint density at radius 2 is 1.26 bits per heavy atom. The molecule has 1 aromatic carbocycles. The van der Waals surface area contributed by atoms with Gasteiger partial charge in [-0.15, -0.1) is 0 Å². The van der Waals surface area contributed by atoms with Crippen molar-refractivity contribution in [1.29, 1.82) is 0 Å². The van der Waals surface area contributed by atoms with Gasteiger partial charge in [0, 0.05) is 12.8 Å². The van der Waals surface area contributed by atoms with E-state index in [0.717, 1.165) is 0 Å². The lowest BCUT2D eigenvalue weighted by atomic mass is 10.0. The highest BCUT2D eigenvalue weighted by Crippen LogP contribution is 2.12. The summed E-state index contributed by atoms with van der Waals surface area (Å²) in [5, 5.41) is 34.3. The Bertz CT molecular complexity index is 1060. The van der Waals surface area contributed by atoms with Crippen LogP contribution in [0, 0.1) is 0 Å². The number of phenols is 1. The predicted molar refractivity (Wildman–Crippen MR) is 128 cm³/mol. The minimum atomic E-state index is -1.82. The van der Waals surface area contributed by atoms with Crippen LogP contribution in [-0.2, 0) is 40.0 Å². The van der Waals surface area contributed by atoms with E-state index in [1.165, 1.54) is 24.3 Å². The number of aromatic hydroxyl groups is 1. The number of rotatable bonds is 16. The molecular formula is C22H30N6O10. The Morgan fingerprint density at radius 3 is 1.76 bits per heavy atom. The Hall–Kier alpha value is -4.73. The number of hydrogen-bond donors (Lipinski definition) is 9. The van der Waals surface area contributed by atoms with Gasteiger partial charge in [0.25, 0.3) is 0 Å². The van der Waals surface area contributed by atoms with Gasteiger partial charge in [-0.05, 0) is 24.1 Å². The molecule has 0 aromatic heterocycles. The van der Waals surface area contributed by atoms with Crippen LogP contribution < -0.4 is 33.2 Å². The van der Waals surface area contributed by atoms with Gasteiger partial charge >= 0.3 is 11.9 Å². The second kappa shape index (κ2) is 14.7. The van der Waals surface area contributed by atoms with Crippen molar-refractivity contribution in [2.24, 2.45) is 17.2 Å². The van der Waals surface area contributed by atoms with E-state index in [1.807, 2.05) is 5.32 Å². The van der Waals surface area contributed by atoms with E-state index in [9.17, 15) is 43.8 Å². The van der Waals surface area contributed by atoms with Crippen LogP contribution in [0.3, 0.4) is 0 Å². The van der Waals surface area contributed by atoms with Crippen molar-refractivity contribution in [2.75, 3.05) is 0 Å². The Morgan fingerprint density at radius 1 is 0.737 bits per heavy atom. The summed E-state index contributed by atoms with van der Waals surface area (Å²) in [4.78, 5) is 83.0. The smallest absolute Gasteiger partial charge is 0.326 e. The van der Waals surface area contributed by atoms with Crippen molar-refractivity contribution in [3.63, 3.8) is 0 Å². The zero-order valence-electron chi connectivity index (χ0n) is 20.1. The number of primary amides is 2. The highest BCUT2D eigenvalue weighted by Gasteiger charge is 2.31. The van der Waals surface area contributed by atoms with Crippen LogP contribution in [0.25, 0.3) is 0 Å². The van der Waals surface area contributed by atoms with Crippen LogP contribution in [0.1, 0.15) is 31.2 Å². The van der Waals surface area contributed by atoms with E-state index >= 15 is 0 Å². The molecular weight excluding hydrogens is 508 g/mol. The Balaban J connectivity index is 3.20. The molecule has 0 heterocycles. The van der Waals surface area contributed by atoms with Crippen molar-refractivity contribution < 1.29 is 48.9 Å². The van der Waals surface area contributed by atoms with E-state index in [4.69, 9.17) is 22.3 Å². The van der Waals surface area contributed by atoms with Crippen molar-refractivity contribution >= 4 is 41.5 Å². The number of aliphatic carboxylic acids is 2. The normalized spacial score (nSPS) is 13.7. The number of carbonyl (C=O) groups is 7. The van der Waals surface area contributed by atoms with Gasteiger partial charge in [0.05, 0.1) is 18.9 Å². The summed E-state index contributed by atoms with van der Waals surface area (Å²) in [6, 6.07) is -0.755. The molecule has 5 amide bonds. The summed E-state index contributed by atoms with van der Waals surface area (Å²) in [6.45, 7) is 0. The van der Waals surface area contributed by atoms with E-state index < -0.39 is 78.5 Å². The number of nitrogens with two attached hydrogens (primary N) is 3. The number of carbonyl (C=O) groups excluding carboxylic acids is 5. The maximum atomic E-state index is 13.1. The van der Waals surface area contributed by atoms with Crippen LogP contribution in [0.5, 0.6) is 5.75 Å². The molecule has 1 rings (SSSR count). The molecule has 0 aliphatic carbocycles. The summed E-state index contributed by atoms with van der Waals surface area (Å²) in [7, 11) is 0. The first-order valence-corrected chi connectivity index (χ1v) is 11.1. The van der Waals surface area contributed by atoms with Crippen molar-refractivity contribution in [3.8, 4) is 5.75 Å². The lowest BCUT2D eigenvalue weighted by Crippen LogP contribution is -2.58. The molecule has 4 atom stereocenters. The molecule has 0 spiro atoms. The largest absolute Gasteiger partial charge is 0.508 e. The second-order valence-corrected chi connectivity index (χ2v) is 8.27. The fraction of sp³-hybridized carbons (Fsp3) is 0.409. The average molecular weight is 539 g/mol. The van der Waals surface area contributed by atoms with E-state index in [0.29, 0.717) is 5.56 Å². The van der Waals surface area contributed by atoms with Crippen LogP contribution in [0.2, 0.25) is 0 Å². The van der Waals surface area contributed by atoms with Gasteiger partial charge in [0.1, 0.15) is 23.9 Å². The molecule has 208 valence electrons. The highest BCUT2D eigenvalue weighted by molar-refractivity contribution is 5.95. The number of amides is 5. The third-order valence-corrected chi connectivity index (χ3v) is 5.07. The van der Waals surface area contributed by atoms with Gasteiger partial charge in [-0.1, -0.05) is 12.1 Å². The molecule has 12 N–H and O–H groups in total. The minimum absolute atomic E-state index is 0.0901. The summed E-state index contributed by atoms with van der Waals surface area (Å²) in [6.07, 6.45) is -2.41. The van der Waals surface area contributed by atoms with E-state index in [1.54, 1.807) is 0 Å². The molecule has 38 heavy (non-hydrogen) atoms. The second-order valence-electron chi connectivity index (χ2n) is 8.27. The van der Waals surface area contributed by atoms with Crippen LogP contribution in [0.4, 0.5) is 0 Å². The molecule has 0 bridgehead atoms. The number of hydrogen-bond acceptors (Lipinski definition) is 9. The fourth-order valence-electron chi connectivity index (χ4n) is 3.14. The minimum Gasteiger partial charge on any atom is -0.508 e. The van der Waals surface area contributed by atoms with Gasteiger partial charge in [0.15, 0.2) is 0 Å². The molecule has 1 aromatic rings. The zero-order valence-corrected chi connectivity index (χ0v) is 20.1. The number of carboxylic acids is 2. The van der Waals surface area contributed by atoms with Gasteiger partial charge in [0.2, 0.25) is 29.5 Å². The first-order valence-electron chi connectivity index (χ1n) is 11.1. The third kappa shape index (κ3) is 11.3. The van der Waals surface area contributed by atoms with Gasteiger partial charge < -0.3 is 48.5 Å². The Labute approximate surface area is 215 Å². The van der Waals surface area contributed by atoms with Gasteiger partial charge in [-0.25, -0.2) is 4.79 Å². The molecule has 0 saturated carbocycles. The van der Waals surface area contributed by atoms with E-state index in [2.05, 4.69) is 10.6 Å². The van der Waals surface area contributed by atoms with Crippen LogP contribution >= 0.6 is 0 Å². The molecule has 16 heteroatoms. The van der Waals surface area contributed by atoms with Crippen LogP contribution in [0.15, 0.2) is 24.3 Å². The number of phenolic OH excluding ortho intramolecular Hbond substituents is 1. The van der Waals surface area contributed by atoms with Crippen molar-refractivity contribution in [1.82, 2.24) is 16.0 Å². The molecule has 4 unspecified atom stereocenters. The number of benzene rings is 1. The summed E-state index contributed by atoms with van der Waals surface area (Å²) < 4.78 is 0. The van der Waals surface area contributed by atoms with Gasteiger partial charge in [-0.3, -0.25) is 28.8 Å². The number of carboxylic acid groups (broad SMARTS) is 2. The van der Waals surface area contributed by atoms with Gasteiger partial charge in [-0.2, -0.15) is 0 Å². The monoisotopic (exact) mass is 538 g/mol. The summed E-state index contributed by atoms with van der Waals surface area (Å²) in [5.41, 5.74) is 16.1. The van der Waals surface area contributed by atoms with Crippen molar-refractivity contribution in [2.45, 2.75) is 56.3 Å². The lowest BCUT2D eigenvalue weighted by molar-refractivity contribution is -0.147. The van der Waals surface area contributed by atoms with Crippen LogP contribution in [-0.4, -0.2) is 81.0 Å². The maximum Gasteiger partial charge on any atom is 0.326 e. The first-order chi connectivity index (χ1) is 17.7. The van der Waals surface area contributed by atoms with E-state index in [-0.39, 0.29) is 25.0 Å². The molecule has 0 aliphatic heterocycles. The molecule has 0 aliphatic rings. The SMILES string of the molecule is NC(=O)CCC(NC(=O)C(N)CC(N)=O)C(=O)NC(Cc1ccc(O)cc1)C(=O)NC(CC(=O)O)C(=O)O. The molecule has 0 radical (unpaired) electrons. The molecule has 0 fully saturated rings. The molecule has 0 saturated heterocycles. The zero-order chi connectivity index (χ0) is 29.0. The number of nitrogens with one attached hydrogen (secondary N) is 3. The quantitative estimate of drug-likeness (QED) is 0.0990. The topological polar surface area (TPSA) is 294 Å². The fourth-order valence-corrected chi connectivity index (χ4v) is 3.14. The lowest BCUT2D eigenvalue weighted by Gasteiger charge is -2.25. The predicted octanol–water partition coefficient (Wildman–Crippen LogP) is -3.58. The maximum absolute atomic E-state index is 13.1. The average Bonchev–Trinajstić information content (AvgIpc) is 2.80. The summed E-state index contributed by atoms with van der Waals surface area (Å²) in [5.74, 6) is -7.93. The highest BCUT2D eigenvalue weighted by atomic mass is 16.4. The summed E-state index contributed by atoms with van der Waals surface area (Å²) >= 11 is 0. The standard InChI is InChI=1S/C22H30N6O10/c23-12(8-17(25)31)19(34)26-13(5-6-16(24)30)20(35)27-14(7-10-1-3-11(29)4-2-10)21(36)28-15(22(37)38)9-18(32)33/h1-4,12-15,29H,5-9,23H2,(H2,24,30)(H2,25,31)(H,26,34)(H,27,35)(H,28,36)(H,32,33)(H,37,38). The third-order valence-electron chi connectivity index (χ3n) is 5.07. The first kappa shape index (κ1) is 31.3. The van der Waals surface area contributed by atoms with Crippen molar-refractivity contribution in [3.05, 3.63) is 29.8 Å².